The van der Waals surface area contributed by atoms with Crippen LogP contribution >= 0.6 is 0 Å². The van der Waals surface area contributed by atoms with Gasteiger partial charge in [0, 0.05) is 25.5 Å². The smallest absolute Gasteiger partial charge is 0.314 e. The van der Waals surface area contributed by atoms with Gasteiger partial charge in [-0.1, -0.05) is 30.3 Å². The van der Waals surface area contributed by atoms with E-state index in [2.05, 4.69) is 5.10 Å². The zero-order valence-corrected chi connectivity index (χ0v) is 15.2. The lowest BCUT2D eigenvalue weighted by Gasteiger charge is -2.43. The summed E-state index contributed by atoms with van der Waals surface area (Å²) in [7, 11) is 0. The number of hydrogen-bond acceptors (Lipinski definition) is 4. The summed E-state index contributed by atoms with van der Waals surface area (Å²) in [6.07, 6.45) is 4.30. The summed E-state index contributed by atoms with van der Waals surface area (Å²) in [4.78, 5) is 26.2. The molecular weight excluding hydrogens is 346 g/mol. The van der Waals surface area contributed by atoms with Gasteiger partial charge in [-0.3, -0.25) is 14.3 Å². The minimum Gasteiger partial charge on any atom is -0.481 e. The number of carbonyl (C=O) groups is 2. The molecular formula is C20H25N3O4. The van der Waals surface area contributed by atoms with Crippen LogP contribution in [0.5, 0.6) is 0 Å². The molecule has 1 fully saturated rings. The molecule has 1 aromatic carbocycles. The number of hydrogen-bond donors (Lipinski definition) is 2. The van der Waals surface area contributed by atoms with E-state index in [1.54, 1.807) is 23.4 Å². The van der Waals surface area contributed by atoms with Crippen molar-refractivity contribution in [2.24, 2.45) is 5.41 Å². The maximum atomic E-state index is 12.6. The van der Waals surface area contributed by atoms with Crippen molar-refractivity contribution >= 4 is 11.9 Å². The molecule has 1 aliphatic rings. The molecule has 0 unspecified atom stereocenters. The van der Waals surface area contributed by atoms with Crippen LogP contribution in [0.25, 0.3) is 0 Å². The highest BCUT2D eigenvalue weighted by Gasteiger charge is 2.49. The first kappa shape index (κ1) is 19.1. The van der Waals surface area contributed by atoms with Gasteiger partial charge in [-0.2, -0.15) is 5.10 Å². The molecule has 3 rings (SSSR count). The number of carboxylic acid groups (broad SMARTS) is 1. The van der Waals surface area contributed by atoms with Gasteiger partial charge in [0.2, 0.25) is 5.91 Å². The molecule has 0 saturated carbocycles. The number of aromatic nitrogens is 2. The number of aliphatic hydroxyl groups excluding tert-OH is 1. The molecule has 7 nitrogen and oxygen atoms in total. The topological polar surface area (TPSA) is 95.7 Å². The number of aryl methyl sites for hydroxylation is 1. The van der Waals surface area contributed by atoms with E-state index in [1.807, 2.05) is 30.3 Å². The fourth-order valence-corrected chi connectivity index (χ4v) is 3.74. The van der Waals surface area contributed by atoms with Crippen LogP contribution in [-0.4, -0.2) is 56.0 Å². The average molecular weight is 371 g/mol. The molecule has 2 atom stereocenters. The summed E-state index contributed by atoms with van der Waals surface area (Å²) < 4.78 is 1.52. The van der Waals surface area contributed by atoms with E-state index in [4.69, 9.17) is 0 Å². The Balaban J connectivity index is 1.67. The van der Waals surface area contributed by atoms with Crippen molar-refractivity contribution in [3.8, 4) is 0 Å². The van der Waals surface area contributed by atoms with E-state index in [0.29, 0.717) is 19.4 Å². The molecule has 27 heavy (non-hydrogen) atoms. The standard InChI is InChI=1S/C20H25N3O4/c24-17-9-13-22(18(25)14-23-12-5-11-21-23)15-20(17,19(26)27)10-4-8-16-6-2-1-3-7-16/h1-3,5-7,11-12,17,24H,4,8-10,13-15H2,(H,26,27)/t17-,20-/m1/s1. The number of benzene rings is 1. The number of amides is 1. The summed E-state index contributed by atoms with van der Waals surface area (Å²) in [6.45, 7) is 0.455. The van der Waals surface area contributed by atoms with Crippen LogP contribution in [-0.2, 0) is 22.6 Å². The van der Waals surface area contributed by atoms with Crippen molar-refractivity contribution in [1.29, 1.82) is 0 Å². The molecule has 1 aliphatic heterocycles. The molecule has 2 aromatic rings. The molecule has 1 aromatic heterocycles. The van der Waals surface area contributed by atoms with Gasteiger partial charge < -0.3 is 15.1 Å². The van der Waals surface area contributed by atoms with Crippen molar-refractivity contribution in [1.82, 2.24) is 14.7 Å². The first-order valence-corrected chi connectivity index (χ1v) is 9.22. The summed E-state index contributed by atoms with van der Waals surface area (Å²) in [5.74, 6) is -1.22. The molecule has 2 N–H and O–H groups in total. The van der Waals surface area contributed by atoms with Crippen molar-refractivity contribution in [3.63, 3.8) is 0 Å². The third kappa shape index (κ3) is 4.36. The normalized spacial score (nSPS) is 22.6. The number of carboxylic acids is 1. The second-order valence-electron chi connectivity index (χ2n) is 7.12. The number of nitrogens with zero attached hydrogens (tertiary/aromatic N) is 3. The molecule has 2 heterocycles. The van der Waals surface area contributed by atoms with Crippen LogP contribution in [0, 0.1) is 5.41 Å². The Labute approximate surface area is 158 Å². The van der Waals surface area contributed by atoms with E-state index in [1.165, 1.54) is 4.68 Å². The van der Waals surface area contributed by atoms with Crippen molar-refractivity contribution in [2.45, 2.75) is 38.3 Å². The lowest BCUT2D eigenvalue weighted by Crippen LogP contribution is -2.57. The minimum atomic E-state index is -1.33. The predicted octanol–water partition coefficient (Wildman–Crippen LogP) is 1.57. The van der Waals surface area contributed by atoms with Crippen molar-refractivity contribution in [3.05, 3.63) is 54.4 Å². The van der Waals surface area contributed by atoms with Gasteiger partial charge in [-0.25, -0.2) is 0 Å². The second-order valence-corrected chi connectivity index (χ2v) is 7.12. The number of piperidine rings is 1. The molecule has 7 heteroatoms. The molecule has 0 spiro atoms. The Morgan fingerprint density at radius 2 is 2.00 bits per heavy atom. The highest BCUT2D eigenvalue weighted by molar-refractivity contribution is 5.80. The lowest BCUT2D eigenvalue weighted by molar-refractivity contribution is -0.167. The van der Waals surface area contributed by atoms with Gasteiger partial charge in [0.05, 0.1) is 6.10 Å². The van der Waals surface area contributed by atoms with Gasteiger partial charge in [-0.05, 0) is 37.3 Å². The molecule has 0 aliphatic carbocycles. The molecule has 1 amide bonds. The highest BCUT2D eigenvalue weighted by Crippen LogP contribution is 2.36. The van der Waals surface area contributed by atoms with E-state index in [9.17, 15) is 19.8 Å². The summed E-state index contributed by atoms with van der Waals surface area (Å²) in [6, 6.07) is 11.6. The van der Waals surface area contributed by atoms with Crippen LogP contribution in [0.2, 0.25) is 0 Å². The Hall–Kier alpha value is -2.67. The van der Waals surface area contributed by atoms with Crippen LogP contribution in [0.1, 0.15) is 24.8 Å². The number of carbonyl (C=O) groups excluding carboxylic acids is 1. The summed E-state index contributed by atoms with van der Waals surface area (Å²) in [5, 5.41) is 24.4. The summed E-state index contributed by atoms with van der Waals surface area (Å²) >= 11 is 0. The Kier molecular flexibility index (Phi) is 5.91. The van der Waals surface area contributed by atoms with Crippen LogP contribution in [0.3, 0.4) is 0 Å². The minimum absolute atomic E-state index is 0.0262. The molecule has 144 valence electrons. The Morgan fingerprint density at radius 3 is 2.67 bits per heavy atom. The van der Waals surface area contributed by atoms with Gasteiger partial charge in [0.15, 0.2) is 0 Å². The number of aliphatic hydroxyl groups is 1. The Morgan fingerprint density at radius 1 is 1.22 bits per heavy atom. The third-order valence-electron chi connectivity index (χ3n) is 5.35. The van der Waals surface area contributed by atoms with E-state index in [0.717, 1.165) is 12.0 Å². The molecule has 1 saturated heterocycles. The predicted molar refractivity (Wildman–Crippen MR) is 98.9 cm³/mol. The quantitative estimate of drug-likeness (QED) is 0.770. The zero-order valence-electron chi connectivity index (χ0n) is 15.2. The second kappa shape index (κ2) is 8.35. The van der Waals surface area contributed by atoms with Crippen LogP contribution in [0.4, 0.5) is 0 Å². The SMILES string of the molecule is O=C(Cn1cccn1)N1CC[C@@H](O)[C@](CCCc2ccccc2)(C(=O)O)C1. The number of likely N-dealkylation sites (tertiary alicyclic amines) is 1. The van der Waals surface area contributed by atoms with Gasteiger partial charge in [-0.15, -0.1) is 0 Å². The first-order chi connectivity index (χ1) is 13.0. The van der Waals surface area contributed by atoms with E-state index < -0.39 is 17.5 Å². The number of rotatable bonds is 7. The van der Waals surface area contributed by atoms with Gasteiger partial charge in [0.25, 0.3) is 0 Å². The fraction of sp³-hybridized carbons (Fsp3) is 0.450. The molecule has 0 radical (unpaired) electrons. The van der Waals surface area contributed by atoms with Gasteiger partial charge in [0.1, 0.15) is 12.0 Å². The third-order valence-corrected chi connectivity index (χ3v) is 5.35. The number of aliphatic carboxylic acids is 1. The summed E-state index contributed by atoms with van der Waals surface area (Å²) in [5.41, 5.74) is -0.192. The van der Waals surface area contributed by atoms with Crippen molar-refractivity contribution < 1.29 is 19.8 Å². The largest absolute Gasteiger partial charge is 0.481 e. The average Bonchev–Trinajstić information content (AvgIpc) is 3.17. The zero-order chi connectivity index (χ0) is 19.3. The van der Waals surface area contributed by atoms with E-state index in [-0.39, 0.29) is 25.4 Å². The lowest BCUT2D eigenvalue weighted by atomic mass is 9.73. The Bertz CT molecular complexity index is 763. The maximum Gasteiger partial charge on any atom is 0.314 e. The monoisotopic (exact) mass is 371 g/mol. The van der Waals surface area contributed by atoms with Crippen LogP contribution in [0.15, 0.2) is 48.8 Å². The first-order valence-electron chi connectivity index (χ1n) is 9.22. The molecule has 0 bridgehead atoms. The fourth-order valence-electron chi connectivity index (χ4n) is 3.74. The highest BCUT2D eigenvalue weighted by atomic mass is 16.4. The van der Waals surface area contributed by atoms with Crippen LogP contribution < -0.4 is 0 Å². The maximum absolute atomic E-state index is 12.6. The van der Waals surface area contributed by atoms with Gasteiger partial charge >= 0.3 is 5.97 Å². The van der Waals surface area contributed by atoms with Crippen molar-refractivity contribution in [2.75, 3.05) is 13.1 Å². The van der Waals surface area contributed by atoms with E-state index >= 15 is 0 Å².